The summed E-state index contributed by atoms with van der Waals surface area (Å²) in [4.78, 5) is 21.4. The van der Waals surface area contributed by atoms with Gasteiger partial charge in [-0.05, 0) is 12.2 Å². The van der Waals surface area contributed by atoms with Crippen LogP contribution in [0.1, 0.15) is 19.8 Å². The first-order valence-electron chi connectivity index (χ1n) is 4.18. The van der Waals surface area contributed by atoms with E-state index in [-0.39, 0.29) is 12.3 Å². The summed E-state index contributed by atoms with van der Waals surface area (Å²) in [5.41, 5.74) is 0. The molecule has 5 heteroatoms. The van der Waals surface area contributed by atoms with Gasteiger partial charge in [0.25, 0.3) is 0 Å². The third-order valence-electron chi connectivity index (χ3n) is 1.57. The molecule has 0 aliphatic rings. The number of carbonyl (C=O) groups is 2. The highest BCUT2D eigenvalue weighted by atomic mass is 32.1. The number of hydrogen-bond acceptors (Lipinski definition) is 3. The Bertz CT molecular complexity index is 184. The zero-order valence-corrected chi connectivity index (χ0v) is 8.51. The number of aliphatic carboxylic acids is 1. The number of nitrogens with one attached hydrogen (secondary N) is 1. The van der Waals surface area contributed by atoms with Gasteiger partial charge in [0.15, 0.2) is 0 Å². The number of thiol groups is 1. The molecule has 0 rings (SSSR count). The number of rotatable bonds is 6. The van der Waals surface area contributed by atoms with Gasteiger partial charge in [-0.1, -0.05) is 6.92 Å². The number of hydrogen-bond donors (Lipinski definition) is 3. The normalized spacial score (nSPS) is 12.2. The highest BCUT2D eigenvalue weighted by Gasteiger charge is 2.14. The minimum Gasteiger partial charge on any atom is -0.481 e. The van der Waals surface area contributed by atoms with E-state index in [1.54, 1.807) is 0 Å². The number of carboxylic acid groups (broad SMARTS) is 1. The van der Waals surface area contributed by atoms with Gasteiger partial charge < -0.3 is 10.4 Å². The zero-order chi connectivity index (χ0) is 10.3. The molecular weight excluding hydrogens is 190 g/mol. The van der Waals surface area contributed by atoms with Gasteiger partial charge in [0.05, 0.1) is 5.92 Å². The fraction of sp³-hybridized carbons (Fsp3) is 0.750. The van der Waals surface area contributed by atoms with Crippen LogP contribution in [0.3, 0.4) is 0 Å². The van der Waals surface area contributed by atoms with Crippen LogP contribution in [-0.2, 0) is 9.59 Å². The summed E-state index contributed by atoms with van der Waals surface area (Å²) in [6.45, 7) is 2.08. The van der Waals surface area contributed by atoms with E-state index in [1.165, 1.54) is 6.92 Å². The molecule has 13 heavy (non-hydrogen) atoms. The first kappa shape index (κ1) is 12.3. The molecule has 0 aromatic carbocycles. The highest BCUT2D eigenvalue weighted by Crippen LogP contribution is 2.00. The van der Waals surface area contributed by atoms with Crippen LogP contribution in [0.5, 0.6) is 0 Å². The zero-order valence-electron chi connectivity index (χ0n) is 7.62. The topological polar surface area (TPSA) is 66.4 Å². The fourth-order valence-electron chi connectivity index (χ4n) is 0.744. The summed E-state index contributed by atoms with van der Waals surface area (Å²) in [6, 6.07) is 0. The van der Waals surface area contributed by atoms with E-state index >= 15 is 0 Å². The standard InChI is InChI=1S/C8H15NO3S/c1-6(8(11)12)5-7(10)9-3-2-4-13/h6,13H,2-5H2,1H3,(H,9,10)(H,11,12). The van der Waals surface area contributed by atoms with Gasteiger partial charge in [-0.25, -0.2) is 0 Å². The van der Waals surface area contributed by atoms with Crippen LogP contribution >= 0.6 is 12.6 Å². The van der Waals surface area contributed by atoms with E-state index in [0.717, 1.165) is 12.2 Å². The summed E-state index contributed by atoms with van der Waals surface area (Å²) in [7, 11) is 0. The molecule has 0 aliphatic heterocycles. The Balaban J connectivity index is 3.56. The number of carbonyl (C=O) groups excluding carboxylic acids is 1. The molecule has 0 radical (unpaired) electrons. The van der Waals surface area contributed by atoms with E-state index in [0.29, 0.717) is 6.54 Å². The molecule has 0 bridgehead atoms. The monoisotopic (exact) mass is 205 g/mol. The van der Waals surface area contributed by atoms with Gasteiger partial charge in [-0.2, -0.15) is 12.6 Å². The van der Waals surface area contributed by atoms with Gasteiger partial charge >= 0.3 is 5.97 Å². The van der Waals surface area contributed by atoms with Crippen molar-refractivity contribution >= 4 is 24.5 Å². The Morgan fingerprint density at radius 3 is 2.62 bits per heavy atom. The minimum absolute atomic E-state index is 0.0436. The van der Waals surface area contributed by atoms with Gasteiger partial charge in [-0.3, -0.25) is 9.59 Å². The second kappa shape index (κ2) is 6.77. The molecule has 2 N–H and O–H groups in total. The maximum atomic E-state index is 11.0. The fourth-order valence-corrected chi connectivity index (χ4v) is 0.903. The van der Waals surface area contributed by atoms with Crippen molar-refractivity contribution in [2.45, 2.75) is 19.8 Å². The molecule has 4 nitrogen and oxygen atoms in total. The summed E-state index contributed by atoms with van der Waals surface area (Å²) in [5, 5.41) is 11.1. The van der Waals surface area contributed by atoms with Crippen molar-refractivity contribution < 1.29 is 14.7 Å². The van der Waals surface area contributed by atoms with Crippen LogP contribution in [-0.4, -0.2) is 29.3 Å². The van der Waals surface area contributed by atoms with Crippen LogP contribution in [0.15, 0.2) is 0 Å². The molecule has 1 atom stereocenters. The maximum Gasteiger partial charge on any atom is 0.306 e. The molecule has 1 amide bonds. The van der Waals surface area contributed by atoms with Crippen LogP contribution in [0, 0.1) is 5.92 Å². The Labute approximate surface area is 83.1 Å². The van der Waals surface area contributed by atoms with Crippen molar-refractivity contribution in [3.63, 3.8) is 0 Å². The summed E-state index contributed by atoms with van der Waals surface area (Å²) >= 11 is 3.98. The minimum atomic E-state index is -0.940. The number of amides is 1. The van der Waals surface area contributed by atoms with E-state index < -0.39 is 11.9 Å². The Morgan fingerprint density at radius 1 is 1.54 bits per heavy atom. The molecular formula is C8H15NO3S. The van der Waals surface area contributed by atoms with E-state index in [4.69, 9.17) is 5.11 Å². The van der Waals surface area contributed by atoms with Gasteiger partial charge in [0, 0.05) is 13.0 Å². The molecule has 0 aromatic rings. The predicted octanol–water partition coefficient (Wildman–Crippen LogP) is 0.533. The third kappa shape index (κ3) is 6.45. The van der Waals surface area contributed by atoms with Gasteiger partial charge in [0.2, 0.25) is 5.91 Å². The molecule has 1 unspecified atom stereocenters. The Morgan fingerprint density at radius 2 is 2.15 bits per heavy atom. The lowest BCUT2D eigenvalue weighted by atomic mass is 10.1. The van der Waals surface area contributed by atoms with Gasteiger partial charge in [0.1, 0.15) is 0 Å². The average Bonchev–Trinajstić information content (AvgIpc) is 2.04. The molecule has 0 fully saturated rings. The highest BCUT2D eigenvalue weighted by molar-refractivity contribution is 7.80. The summed E-state index contributed by atoms with van der Waals surface area (Å²) in [6.07, 6.45) is 0.845. The molecule has 0 aromatic heterocycles. The SMILES string of the molecule is CC(CC(=O)NCCCS)C(=O)O. The third-order valence-corrected chi connectivity index (χ3v) is 1.89. The second-order valence-electron chi connectivity index (χ2n) is 2.87. The van der Waals surface area contributed by atoms with E-state index in [1.807, 2.05) is 0 Å². The second-order valence-corrected chi connectivity index (χ2v) is 3.32. The molecule has 76 valence electrons. The Kier molecular flexibility index (Phi) is 6.40. The maximum absolute atomic E-state index is 11.0. The summed E-state index contributed by atoms with van der Waals surface area (Å²) < 4.78 is 0. The molecule has 0 heterocycles. The van der Waals surface area contributed by atoms with Crippen LogP contribution in [0.2, 0.25) is 0 Å². The number of carboxylic acids is 1. The van der Waals surface area contributed by atoms with Crippen molar-refractivity contribution in [2.75, 3.05) is 12.3 Å². The smallest absolute Gasteiger partial charge is 0.306 e. The van der Waals surface area contributed by atoms with Crippen LogP contribution in [0.25, 0.3) is 0 Å². The van der Waals surface area contributed by atoms with Crippen molar-refractivity contribution in [3.8, 4) is 0 Å². The first-order valence-corrected chi connectivity index (χ1v) is 4.81. The van der Waals surface area contributed by atoms with E-state index in [9.17, 15) is 9.59 Å². The van der Waals surface area contributed by atoms with Crippen molar-refractivity contribution in [3.05, 3.63) is 0 Å². The summed E-state index contributed by atoms with van der Waals surface area (Å²) in [5.74, 6) is -1.05. The van der Waals surface area contributed by atoms with Crippen LogP contribution < -0.4 is 5.32 Å². The average molecular weight is 205 g/mol. The van der Waals surface area contributed by atoms with Crippen molar-refractivity contribution in [1.82, 2.24) is 5.32 Å². The first-order chi connectivity index (χ1) is 6.07. The van der Waals surface area contributed by atoms with E-state index in [2.05, 4.69) is 17.9 Å². The van der Waals surface area contributed by atoms with Crippen LogP contribution in [0.4, 0.5) is 0 Å². The van der Waals surface area contributed by atoms with Crippen molar-refractivity contribution in [2.24, 2.45) is 5.92 Å². The largest absolute Gasteiger partial charge is 0.481 e. The molecule has 0 spiro atoms. The molecule has 0 saturated carbocycles. The lowest BCUT2D eigenvalue weighted by molar-refractivity contribution is -0.143. The molecule has 0 aliphatic carbocycles. The lowest BCUT2D eigenvalue weighted by Gasteiger charge is -2.06. The Hall–Kier alpha value is -0.710. The predicted molar refractivity (Wildman–Crippen MR) is 52.9 cm³/mol. The van der Waals surface area contributed by atoms with Gasteiger partial charge in [-0.15, -0.1) is 0 Å². The lowest BCUT2D eigenvalue weighted by Crippen LogP contribution is -2.28. The molecule has 0 saturated heterocycles. The van der Waals surface area contributed by atoms with Crippen molar-refractivity contribution in [1.29, 1.82) is 0 Å². The quantitative estimate of drug-likeness (QED) is 0.438.